The van der Waals surface area contributed by atoms with Crippen molar-refractivity contribution >= 4 is 59.8 Å². The monoisotopic (exact) mass is 476 g/mol. The number of nitrogens with two attached hydrogens (primary N) is 1. The first-order valence-corrected chi connectivity index (χ1v) is 9.96. The van der Waals surface area contributed by atoms with Crippen LogP contribution in [-0.4, -0.2) is 66.2 Å². The van der Waals surface area contributed by atoms with Gasteiger partial charge in [-0.05, 0) is 44.6 Å². The normalized spacial score (nSPS) is 22.5. The van der Waals surface area contributed by atoms with E-state index >= 15 is 0 Å². The lowest BCUT2D eigenvalue weighted by molar-refractivity contribution is 0.216. The number of rotatable bonds is 5. The zero-order valence-corrected chi connectivity index (χ0v) is 19.3. The van der Waals surface area contributed by atoms with Gasteiger partial charge in [-0.25, -0.2) is 0 Å². The van der Waals surface area contributed by atoms with Gasteiger partial charge in [-0.2, -0.15) is 9.97 Å². The molecule has 28 heavy (non-hydrogen) atoms. The van der Waals surface area contributed by atoms with Crippen molar-refractivity contribution in [2.45, 2.75) is 38.1 Å². The molecule has 2 fully saturated rings. The SMILES string of the molecule is CNc1nc(Cl)c(Cl)c(N2CCN(CC[C@H]3CC[C@H](N)CC3)CC2)n1.Cl.Cl.O. The van der Waals surface area contributed by atoms with E-state index in [0.29, 0.717) is 22.2 Å². The quantitative estimate of drug-likeness (QED) is 0.632. The predicted molar refractivity (Wildman–Crippen MR) is 123 cm³/mol. The zero-order valence-electron chi connectivity index (χ0n) is 16.2. The Morgan fingerprint density at radius 2 is 1.64 bits per heavy atom. The van der Waals surface area contributed by atoms with Gasteiger partial charge in [0.05, 0.1) is 0 Å². The fourth-order valence-electron chi connectivity index (χ4n) is 3.76. The van der Waals surface area contributed by atoms with Crippen LogP contribution < -0.4 is 16.0 Å². The van der Waals surface area contributed by atoms with E-state index in [1.54, 1.807) is 7.05 Å². The van der Waals surface area contributed by atoms with Crippen LogP contribution >= 0.6 is 48.0 Å². The zero-order chi connectivity index (χ0) is 17.8. The van der Waals surface area contributed by atoms with Gasteiger partial charge in [0.1, 0.15) is 5.02 Å². The van der Waals surface area contributed by atoms with Crippen LogP contribution in [0.1, 0.15) is 32.1 Å². The van der Waals surface area contributed by atoms with Crippen LogP contribution in [-0.2, 0) is 0 Å². The Hall–Kier alpha value is -0.280. The number of hydrogen-bond donors (Lipinski definition) is 2. The van der Waals surface area contributed by atoms with Gasteiger partial charge in [0, 0.05) is 39.3 Å². The van der Waals surface area contributed by atoms with Gasteiger partial charge in [-0.15, -0.1) is 24.8 Å². The van der Waals surface area contributed by atoms with Gasteiger partial charge < -0.3 is 21.4 Å². The fraction of sp³-hybridized carbons (Fsp3) is 0.765. The van der Waals surface area contributed by atoms with E-state index in [0.717, 1.165) is 37.9 Å². The lowest BCUT2D eigenvalue weighted by Gasteiger charge is -2.37. The number of aromatic nitrogens is 2. The van der Waals surface area contributed by atoms with Crippen LogP contribution in [0.5, 0.6) is 0 Å². The molecule has 2 heterocycles. The molecule has 164 valence electrons. The number of nitrogens with one attached hydrogen (secondary N) is 1. The summed E-state index contributed by atoms with van der Waals surface area (Å²) in [6.45, 7) is 5.05. The van der Waals surface area contributed by atoms with Crippen molar-refractivity contribution in [2.24, 2.45) is 11.7 Å². The first kappa shape index (κ1) is 27.7. The standard InChI is InChI=1S/C17H28Cl2N6.2ClH.H2O/c1-21-17-22-15(19)14(18)16(23-17)25-10-8-24(9-11-25)7-6-12-2-4-13(20)5-3-12;;;/h12-13H,2-11,20H2,1H3,(H,21,22,23);2*1H;1H2/t12-,13-;;;. The minimum absolute atomic E-state index is 0. The smallest absolute Gasteiger partial charge is 0.225 e. The largest absolute Gasteiger partial charge is 0.412 e. The third-order valence-corrected chi connectivity index (χ3v) is 6.15. The average molecular weight is 478 g/mol. The van der Waals surface area contributed by atoms with Crippen molar-refractivity contribution < 1.29 is 5.48 Å². The van der Waals surface area contributed by atoms with Crippen LogP contribution in [0.2, 0.25) is 10.2 Å². The lowest BCUT2D eigenvalue weighted by atomic mass is 9.84. The molecule has 0 bridgehead atoms. The summed E-state index contributed by atoms with van der Waals surface area (Å²) >= 11 is 12.4. The van der Waals surface area contributed by atoms with Gasteiger partial charge in [-0.3, -0.25) is 4.90 Å². The summed E-state index contributed by atoms with van der Waals surface area (Å²) in [7, 11) is 1.78. The number of anilines is 2. The fourth-order valence-corrected chi connectivity index (χ4v) is 4.12. The number of nitrogens with zero attached hydrogens (tertiary/aromatic N) is 4. The van der Waals surface area contributed by atoms with E-state index < -0.39 is 0 Å². The summed E-state index contributed by atoms with van der Waals surface area (Å²) < 4.78 is 0. The summed E-state index contributed by atoms with van der Waals surface area (Å²) in [6, 6.07) is 0.437. The Balaban J connectivity index is 0.00000243. The highest BCUT2D eigenvalue weighted by Crippen LogP contribution is 2.31. The van der Waals surface area contributed by atoms with Crippen molar-refractivity contribution in [1.82, 2.24) is 14.9 Å². The molecule has 11 heteroatoms. The molecule has 0 amide bonds. The topological polar surface area (TPSA) is 102 Å². The summed E-state index contributed by atoms with van der Waals surface area (Å²) in [5, 5.41) is 3.67. The van der Waals surface area contributed by atoms with Crippen LogP contribution in [0.15, 0.2) is 0 Å². The van der Waals surface area contributed by atoms with E-state index in [2.05, 4.69) is 25.1 Å². The second-order valence-corrected chi connectivity index (χ2v) is 7.86. The predicted octanol–water partition coefficient (Wildman–Crippen LogP) is 2.87. The number of piperazine rings is 1. The second kappa shape index (κ2) is 13.1. The first-order chi connectivity index (χ1) is 12.1. The van der Waals surface area contributed by atoms with E-state index in [4.69, 9.17) is 28.9 Å². The van der Waals surface area contributed by atoms with Crippen molar-refractivity contribution in [3.05, 3.63) is 10.2 Å². The van der Waals surface area contributed by atoms with Crippen molar-refractivity contribution in [3.63, 3.8) is 0 Å². The highest BCUT2D eigenvalue weighted by molar-refractivity contribution is 6.42. The van der Waals surface area contributed by atoms with Crippen LogP contribution in [0.25, 0.3) is 0 Å². The molecular formula is C17H32Cl4N6O. The summed E-state index contributed by atoms with van der Waals surface area (Å²) in [6.07, 6.45) is 6.26. The molecule has 0 aromatic carbocycles. The van der Waals surface area contributed by atoms with Gasteiger partial charge in [0.15, 0.2) is 11.0 Å². The lowest BCUT2D eigenvalue weighted by Crippen LogP contribution is -2.47. The van der Waals surface area contributed by atoms with E-state index in [1.807, 2.05) is 0 Å². The average Bonchev–Trinajstić information content (AvgIpc) is 2.64. The molecule has 1 aliphatic heterocycles. The first-order valence-electron chi connectivity index (χ1n) is 9.20. The van der Waals surface area contributed by atoms with E-state index in [1.165, 1.54) is 38.6 Å². The molecule has 0 atom stereocenters. The Morgan fingerprint density at radius 3 is 2.21 bits per heavy atom. The van der Waals surface area contributed by atoms with Gasteiger partial charge in [-0.1, -0.05) is 23.2 Å². The second-order valence-electron chi connectivity index (χ2n) is 7.12. The van der Waals surface area contributed by atoms with Crippen LogP contribution in [0.4, 0.5) is 11.8 Å². The molecule has 5 N–H and O–H groups in total. The molecule has 0 spiro atoms. The van der Waals surface area contributed by atoms with Gasteiger partial charge in [0.25, 0.3) is 0 Å². The maximum atomic E-state index is 6.32. The highest BCUT2D eigenvalue weighted by atomic mass is 35.5. The Labute approximate surface area is 189 Å². The molecule has 2 aliphatic rings. The highest BCUT2D eigenvalue weighted by Gasteiger charge is 2.24. The minimum Gasteiger partial charge on any atom is -0.412 e. The third-order valence-electron chi connectivity index (χ3n) is 5.43. The number of halogens is 4. The van der Waals surface area contributed by atoms with E-state index in [9.17, 15) is 0 Å². The molecule has 1 saturated heterocycles. The maximum Gasteiger partial charge on any atom is 0.225 e. The van der Waals surface area contributed by atoms with E-state index in [-0.39, 0.29) is 30.3 Å². The van der Waals surface area contributed by atoms with Crippen molar-refractivity contribution in [3.8, 4) is 0 Å². The summed E-state index contributed by atoms with van der Waals surface area (Å²) in [5.41, 5.74) is 6.00. The maximum absolute atomic E-state index is 6.32. The van der Waals surface area contributed by atoms with Gasteiger partial charge in [0.2, 0.25) is 5.95 Å². The summed E-state index contributed by atoms with van der Waals surface area (Å²) in [4.78, 5) is 13.3. The molecule has 1 saturated carbocycles. The minimum atomic E-state index is 0. The van der Waals surface area contributed by atoms with Crippen LogP contribution in [0.3, 0.4) is 0 Å². The Morgan fingerprint density at radius 1 is 1.04 bits per heavy atom. The molecule has 1 aliphatic carbocycles. The Kier molecular flexibility index (Phi) is 13.0. The van der Waals surface area contributed by atoms with Crippen molar-refractivity contribution in [1.29, 1.82) is 0 Å². The molecule has 1 aromatic rings. The molecule has 0 radical (unpaired) electrons. The Bertz CT molecular complexity index is 581. The third kappa shape index (κ3) is 7.20. The van der Waals surface area contributed by atoms with Crippen molar-refractivity contribution in [2.75, 3.05) is 50.0 Å². The molecule has 1 aromatic heterocycles. The molecule has 0 unspecified atom stereocenters. The van der Waals surface area contributed by atoms with Crippen LogP contribution in [0, 0.1) is 5.92 Å². The molecule has 7 nitrogen and oxygen atoms in total. The van der Waals surface area contributed by atoms with Gasteiger partial charge >= 0.3 is 0 Å². The molecular weight excluding hydrogens is 446 g/mol. The molecule has 3 rings (SSSR count). The summed E-state index contributed by atoms with van der Waals surface area (Å²) in [5.74, 6) is 2.08. The number of hydrogen-bond acceptors (Lipinski definition) is 6.